The minimum absolute atomic E-state index is 0.206. The van der Waals surface area contributed by atoms with Crippen molar-refractivity contribution in [2.75, 3.05) is 19.8 Å². The lowest BCUT2D eigenvalue weighted by molar-refractivity contribution is -0.359. The Kier molecular flexibility index (Phi) is 36.7. The highest BCUT2D eigenvalue weighted by atomic mass is 16.7. The largest absolute Gasteiger partial charge is 0.394 e. The topological polar surface area (TPSA) is 228 Å². The third-order valence-corrected chi connectivity index (χ3v) is 13.8. The second-order valence-electron chi connectivity index (χ2n) is 19.7. The zero-order valence-corrected chi connectivity index (χ0v) is 41.7. The van der Waals surface area contributed by atoms with E-state index < -0.39 is 86.8 Å². The van der Waals surface area contributed by atoms with Gasteiger partial charge in [0.25, 0.3) is 0 Å². The van der Waals surface area contributed by atoms with Crippen LogP contribution in [0.15, 0.2) is 0 Å². The van der Waals surface area contributed by atoms with Crippen molar-refractivity contribution in [3.63, 3.8) is 0 Å². The van der Waals surface area contributed by atoms with Gasteiger partial charge in [-0.1, -0.05) is 213 Å². The summed E-state index contributed by atoms with van der Waals surface area (Å²) >= 11 is 0. The van der Waals surface area contributed by atoms with Gasteiger partial charge < -0.3 is 65.1 Å². The molecule has 0 spiro atoms. The van der Waals surface area contributed by atoms with Crippen LogP contribution in [0, 0.1) is 0 Å². The predicted molar refractivity (Wildman–Crippen MR) is 259 cm³/mol. The van der Waals surface area contributed by atoms with Gasteiger partial charge in [0.2, 0.25) is 5.91 Å². The highest BCUT2D eigenvalue weighted by Crippen LogP contribution is 2.30. The second kappa shape index (κ2) is 39.7. The summed E-state index contributed by atoms with van der Waals surface area (Å²) in [5.41, 5.74) is 0. The number of aliphatic hydroxyl groups is 8. The lowest BCUT2D eigenvalue weighted by atomic mass is 9.97. The van der Waals surface area contributed by atoms with Crippen molar-refractivity contribution < 1.29 is 64.6 Å². The molecule has 12 atom stereocenters. The molecule has 2 aliphatic rings. The third-order valence-electron chi connectivity index (χ3n) is 13.8. The van der Waals surface area contributed by atoms with Crippen LogP contribution in [0.5, 0.6) is 0 Å². The Morgan fingerprint density at radius 2 is 0.864 bits per heavy atom. The normalized spacial score (nSPS) is 26.7. The molecule has 2 rings (SSSR count). The summed E-state index contributed by atoms with van der Waals surface area (Å²) in [5.74, 6) is -0.206. The smallest absolute Gasteiger partial charge is 0.220 e. The first-order valence-corrected chi connectivity index (χ1v) is 27.3. The molecular weight excluding hydrogens is 847 g/mol. The average molecular weight is 948 g/mol. The molecule has 0 radical (unpaired) electrons. The van der Waals surface area contributed by atoms with E-state index in [1.807, 2.05) is 0 Å². The summed E-state index contributed by atoms with van der Waals surface area (Å²) in [7, 11) is 0. The van der Waals surface area contributed by atoms with Crippen molar-refractivity contribution >= 4 is 5.91 Å². The van der Waals surface area contributed by atoms with E-state index >= 15 is 0 Å². The SMILES string of the molecule is CCCCCCCCCCCCCCCCCCCCCCCCC(O)C(COC1OC(CO)C(OC2OC(CO)C(O)C(O)C2O)C(O)C1O)NC(=O)CCCCCCCCCCCC. The first-order chi connectivity index (χ1) is 32.1. The van der Waals surface area contributed by atoms with Crippen LogP contribution >= 0.6 is 0 Å². The molecule has 14 nitrogen and oxygen atoms in total. The zero-order valence-electron chi connectivity index (χ0n) is 41.7. The second-order valence-corrected chi connectivity index (χ2v) is 19.7. The Morgan fingerprint density at radius 1 is 0.485 bits per heavy atom. The van der Waals surface area contributed by atoms with Crippen molar-refractivity contribution in [3.05, 3.63) is 0 Å². The summed E-state index contributed by atoms with van der Waals surface area (Å²) in [6, 6.07) is -0.820. The third kappa shape index (κ3) is 26.3. The maximum Gasteiger partial charge on any atom is 0.220 e. The van der Waals surface area contributed by atoms with Crippen LogP contribution in [0.25, 0.3) is 0 Å². The quantitative estimate of drug-likeness (QED) is 0.0267. The highest BCUT2D eigenvalue weighted by molar-refractivity contribution is 5.76. The van der Waals surface area contributed by atoms with Crippen molar-refractivity contribution in [2.45, 2.75) is 306 Å². The molecule has 0 saturated carbocycles. The Labute approximate surface area is 400 Å². The first kappa shape index (κ1) is 61.1. The molecular formula is C52H101NO13. The standard InChI is InChI=1S/C52H101NO13/c1-3-5-7-9-11-13-15-16-17-18-19-20-21-22-23-24-25-26-27-29-31-33-35-41(56)40(53-44(57)36-34-32-30-28-14-12-10-8-6-4-2)39-63-51-49(62)47(60)50(43(38-55)65-51)66-52-48(61)46(59)45(58)42(37-54)64-52/h40-43,45-52,54-56,58-62H,3-39H2,1-2H3,(H,53,57). The molecule has 392 valence electrons. The van der Waals surface area contributed by atoms with Crippen LogP contribution in [-0.2, 0) is 23.7 Å². The number of amides is 1. The summed E-state index contributed by atoms with van der Waals surface area (Å²) in [4.78, 5) is 13.1. The average Bonchev–Trinajstić information content (AvgIpc) is 3.31. The maximum absolute atomic E-state index is 13.1. The van der Waals surface area contributed by atoms with Crippen molar-refractivity contribution in [1.29, 1.82) is 0 Å². The van der Waals surface area contributed by atoms with Crippen LogP contribution in [0.3, 0.4) is 0 Å². The number of nitrogens with one attached hydrogen (secondary N) is 1. The lowest BCUT2D eigenvalue weighted by Crippen LogP contribution is -2.65. The zero-order chi connectivity index (χ0) is 48.2. The number of aliphatic hydroxyl groups excluding tert-OH is 8. The molecule has 0 bridgehead atoms. The number of carbonyl (C=O) groups is 1. The summed E-state index contributed by atoms with van der Waals surface area (Å²) in [6.07, 6.45) is 24.0. The maximum atomic E-state index is 13.1. The molecule has 66 heavy (non-hydrogen) atoms. The number of ether oxygens (including phenoxy) is 4. The van der Waals surface area contributed by atoms with Gasteiger partial charge in [0, 0.05) is 6.42 Å². The molecule has 14 heteroatoms. The lowest BCUT2D eigenvalue weighted by Gasteiger charge is -2.46. The van der Waals surface area contributed by atoms with Gasteiger partial charge in [0.1, 0.15) is 48.8 Å². The van der Waals surface area contributed by atoms with E-state index in [1.165, 1.54) is 154 Å². The van der Waals surface area contributed by atoms with Crippen LogP contribution in [0.2, 0.25) is 0 Å². The molecule has 2 saturated heterocycles. The summed E-state index contributed by atoms with van der Waals surface area (Å²) in [5, 5.41) is 86.9. The molecule has 2 heterocycles. The number of hydrogen-bond donors (Lipinski definition) is 9. The Balaban J connectivity index is 1.75. The number of hydrogen-bond acceptors (Lipinski definition) is 13. The summed E-state index contributed by atoms with van der Waals surface area (Å²) in [6.45, 7) is 2.86. The molecule has 0 aromatic carbocycles. The summed E-state index contributed by atoms with van der Waals surface area (Å²) < 4.78 is 22.8. The minimum atomic E-state index is -1.78. The Bertz CT molecular complexity index is 1120. The van der Waals surface area contributed by atoms with Crippen molar-refractivity contribution in [3.8, 4) is 0 Å². The molecule has 0 aromatic heterocycles. The fourth-order valence-corrected chi connectivity index (χ4v) is 9.36. The molecule has 0 aliphatic carbocycles. The van der Waals surface area contributed by atoms with E-state index in [-0.39, 0.29) is 12.5 Å². The van der Waals surface area contributed by atoms with E-state index in [1.54, 1.807) is 0 Å². The molecule has 1 amide bonds. The van der Waals surface area contributed by atoms with Gasteiger partial charge in [-0.2, -0.15) is 0 Å². The minimum Gasteiger partial charge on any atom is -0.394 e. The van der Waals surface area contributed by atoms with Gasteiger partial charge in [-0.05, 0) is 12.8 Å². The van der Waals surface area contributed by atoms with Crippen molar-refractivity contribution in [1.82, 2.24) is 5.32 Å². The number of rotatable bonds is 43. The highest BCUT2D eigenvalue weighted by Gasteiger charge is 2.51. The number of unbranched alkanes of at least 4 members (excludes halogenated alkanes) is 30. The molecule has 9 N–H and O–H groups in total. The van der Waals surface area contributed by atoms with E-state index in [9.17, 15) is 45.6 Å². The Hall–Kier alpha value is -1.01. The van der Waals surface area contributed by atoms with Crippen molar-refractivity contribution in [2.24, 2.45) is 0 Å². The van der Waals surface area contributed by atoms with Gasteiger partial charge >= 0.3 is 0 Å². The van der Waals surface area contributed by atoms with Gasteiger partial charge in [-0.25, -0.2) is 0 Å². The molecule has 2 fully saturated rings. The fraction of sp³-hybridized carbons (Fsp3) is 0.981. The van der Waals surface area contributed by atoms with E-state index in [2.05, 4.69) is 19.2 Å². The van der Waals surface area contributed by atoms with Crippen LogP contribution < -0.4 is 5.32 Å². The number of carbonyl (C=O) groups excluding carboxylic acids is 1. The van der Waals surface area contributed by atoms with Gasteiger partial charge in [0.15, 0.2) is 12.6 Å². The first-order valence-electron chi connectivity index (χ1n) is 27.3. The van der Waals surface area contributed by atoms with Crippen LogP contribution in [-0.4, -0.2) is 140 Å². The molecule has 12 unspecified atom stereocenters. The van der Waals surface area contributed by atoms with E-state index in [0.29, 0.717) is 12.8 Å². The monoisotopic (exact) mass is 948 g/mol. The van der Waals surface area contributed by atoms with Gasteiger partial charge in [-0.15, -0.1) is 0 Å². The van der Waals surface area contributed by atoms with Gasteiger partial charge in [0.05, 0.1) is 32.0 Å². The van der Waals surface area contributed by atoms with Crippen LogP contribution in [0.1, 0.15) is 232 Å². The predicted octanol–water partition coefficient (Wildman–Crippen LogP) is 7.78. The van der Waals surface area contributed by atoms with Gasteiger partial charge in [-0.3, -0.25) is 4.79 Å². The van der Waals surface area contributed by atoms with E-state index in [0.717, 1.165) is 51.4 Å². The molecule has 0 aromatic rings. The fourth-order valence-electron chi connectivity index (χ4n) is 9.36. The van der Waals surface area contributed by atoms with E-state index in [4.69, 9.17) is 18.9 Å². The van der Waals surface area contributed by atoms with Crippen LogP contribution in [0.4, 0.5) is 0 Å². The molecule has 2 aliphatic heterocycles. The Morgan fingerprint density at radius 3 is 1.29 bits per heavy atom.